The van der Waals surface area contributed by atoms with E-state index in [0.29, 0.717) is 0 Å². The number of benzene rings is 1. The summed E-state index contributed by atoms with van der Waals surface area (Å²) < 4.78 is 5.01. The number of nitro groups is 1. The first-order valence-electron chi connectivity index (χ1n) is 5.94. The van der Waals surface area contributed by atoms with Crippen molar-refractivity contribution < 1.29 is 19.2 Å². The molecule has 0 aliphatic carbocycles. The lowest BCUT2D eigenvalue weighted by Gasteiger charge is -2.19. The number of esters is 1. The van der Waals surface area contributed by atoms with Gasteiger partial charge in [-0.25, -0.2) is 4.79 Å². The van der Waals surface area contributed by atoms with E-state index in [4.69, 9.17) is 16.3 Å². The van der Waals surface area contributed by atoms with Gasteiger partial charge >= 0.3 is 5.97 Å². The number of nitrogens with zero attached hydrogens (tertiary/aromatic N) is 1. The second-order valence-corrected chi connectivity index (χ2v) is 5.66. The van der Waals surface area contributed by atoms with Crippen molar-refractivity contribution in [2.45, 2.75) is 26.4 Å². The molecule has 0 fully saturated rings. The van der Waals surface area contributed by atoms with Gasteiger partial charge in [-0.2, -0.15) is 0 Å². The van der Waals surface area contributed by atoms with Crippen molar-refractivity contribution in [1.29, 1.82) is 0 Å². The maximum atomic E-state index is 12.2. The number of ether oxygens (including phenoxy) is 1. The van der Waals surface area contributed by atoms with Crippen molar-refractivity contribution >= 4 is 29.0 Å². The molecule has 0 unspecified atom stereocenters. The fraction of sp³-hybridized carbons (Fsp3) is 0.286. The molecule has 0 radical (unpaired) electrons. The van der Waals surface area contributed by atoms with E-state index in [-0.39, 0.29) is 10.6 Å². The second-order valence-electron chi connectivity index (χ2n) is 5.23. The highest BCUT2D eigenvalue weighted by atomic mass is 35.5. The van der Waals surface area contributed by atoms with Crippen LogP contribution in [0.2, 0.25) is 5.02 Å². The van der Waals surface area contributed by atoms with Crippen LogP contribution in [-0.4, -0.2) is 22.3 Å². The SMILES string of the molecule is C=C(C(=O)OC(C)(C)C)C(=O)c1ccc(Cl)cc1[N+](=O)[O-]. The molecule has 0 atom stereocenters. The lowest BCUT2D eigenvalue weighted by molar-refractivity contribution is -0.385. The van der Waals surface area contributed by atoms with Gasteiger partial charge < -0.3 is 4.74 Å². The minimum atomic E-state index is -0.920. The van der Waals surface area contributed by atoms with Gasteiger partial charge in [0.15, 0.2) is 0 Å². The number of nitro benzene ring substituents is 1. The summed E-state index contributed by atoms with van der Waals surface area (Å²) >= 11 is 5.67. The summed E-state index contributed by atoms with van der Waals surface area (Å²) in [6, 6.07) is 3.54. The zero-order valence-corrected chi connectivity index (χ0v) is 12.6. The third kappa shape index (κ3) is 4.39. The summed E-state index contributed by atoms with van der Waals surface area (Å²) in [7, 11) is 0. The fourth-order valence-electron chi connectivity index (χ4n) is 1.44. The monoisotopic (exact) mass is 311 g/mol. The number of hydrogen-bond donors (Lipinski definition) is 0. The smallest absolute Gasteiger partial charge is 0.342 e. The van der Waals surface area contributed by atoms with Crippen LogP contribution in [0.15, 0.2) is 30.4 Å². The molecule has 0 amide bonds. The van der Waals surface area contributed by atoms with E-state index in [1.54, 1.807) is 20.8 Å². The molecule has 1 rings (SSSR count). The Hall–Kier alpha value is -2.21. The number of carbonyl (C=O) groups is 2. The first kappa shape index (κ1) is 16.8. The summed E-state index contributed by atoms with van der Waals surface area (Å²) in [4.78, 5) is 34.1. The highest BCUT2D eigenvalue weighted by Crippen LogP contribution is 2.25. The Morgan fingerprint density at radius 1 is 1.33 bits per heavy atom. The van der Waals surface area contributed by atoms with Crippen LogP contribution in [0, 0.1) is 10.1 Å². The molecule has 0 spiro atoms. The standard InChI is InChI=1S/C14H14ClNO5/c1-8(13(18)21-14(2,3)4)12(17)10-6-5-9(15)7-11(10)16(19)20/h5-7H,1H2,2-4H3. The Labute approximate surface area is 126 Å². The topological polar surface area (TPSA) is 86.5 Å². The molecule has 0 saturated heterocycles. The van der Waals surface area contributed by atoms with E-state index in [1.807, 2.05) is 0 Å². The van der Waals surface area contributed by atoms with Gasteiger partial charge in [0.1, 0.15) is 16.7 Å². The van der Waals surface area contributed by atoms with Crippen LogP contribution >= 0.6 is 11.6 Å². The van der Waals surface area contributed by atoms with Crippen LogP contribution in [-0.2, 0) is 9.53 Å². The molecule has 1 aromatic rings. The maximum absolute atomic E-state index is 12.2. The quantitative estimate of drug-likeness (QED) is 0.162. The molecule has 0 aromatic heterocycles. The number of halogens is 1. The van der Waals surface area contributed by atoms with Crippen molar-refractivity contribution in [3.05, 3.63) is 51.1 Å². The third-order valence-electron chi connectivity index (χ3n) is 2.32. The molecular weight excluding hydrogens is 298 g/mol. The molecule has 0 bridgehead atoms. The molecule has 6 nitrogen and oxygen atoms in total. The van der Waals surface area contributed by atoms with Crippen molar-refractivity contribution in [3.8, 4) is 0 Å². The fourth-order valence-corrected chi connectivity index (χ4v) is 1.61. The molecule has 7 heteroatoms. The first-order chi connectivity index (χ1) is 9.53. The van der Waals surface area contributed by atoms with Crippen molar-refractivity contribution in [2.75, 3.05) is 0 Å². The zero-order chi connectivity index (χ0) is 16.4. The van der Waals surface area contributed by atoms with Crippen molar-refractivity contribution in [2.24, 2.45) is 0 Å². The van der Waals surface area contributed by atoms with Gasteiger partial charge in [0.2, 0.25) is 5.78 Å². The molecule has 0 heterocycles. The van der Waals surface area contributed by atoms with Gasteiger partial charge in [0.25, 0.3) is 5.69 Å². The van der Waals surface area contributed by atoms with Crippen LogP contribution in [0.25, 0.3) is 0 Å². The number of Topliss-reactive ketones (excluding diaryl/α,β-unsaturated/α-hetero) is 1. The molecule has 21 heavy (non-hydrogen) atoms. The second kappa shape index (κ2) is 6.05. The lowest BCUT2D eigenvalue weighted by atomic mass is 10.0. The minimum Gasteiger partial charge on any atom is -0.456 e. The van der Waals surface area contributed by atoms with Gasteiger partial charge in [-0.3, -0.25) is 14.9 Å². The van der Waals surface area contributed by atoms with Gasteiger partial charge in [-0.15, -0.1) is 0 Å². The van der Waals surface area contributed by atoms with E-state index < -0.39 is 33.5 Å². The number of rotatable bonds is 4. The zero-order valence-electron chi connectivity index (χ0n) is 11.8. The number of hydrogen-bond acceptors (Lipinski definition) is 5. The highest BCUT2D eigenvalue weighted by molar-refractivity contribution is 6.31. The number of ketones is 1. The van der Waals surface area contributed by atoms with Gasteiger partial charge in [0.05, 0.1) is 4.92 Å². The normalized spacial score (nSPS) is 10.9. The van der Waals surface area contributed by atoms with Crippen LogP contribution in [0.4, 0.5) is 5.69 Å². The Balaban J connectivity index is 3.12. The largest absolute Gasteiger partial charge is 0.456 e. The van der Waals surface area contributed by atoms with Crippen LogP contribution in [0.3, 0.4) is 0 Å². The molecule has 0 aliphatic rings. The van der Waals surface area contributed by atoms with Crippen molar-refractivity contribution in [3.63, 3.8) is 0 Å². The number of carbonyl (C=O) groups excluding carboxylic acids is 2. The average Bonchev–Trinajstić information content (AvgIpc) is 2.34. The van der Waals surface area contributed by atoms with E-state index >= 15 is 0 Å². The molecular formula is C14H14ClNO5. The molecule has 0 aliphatic heterocycles. The molecule has 112 valence electrons. The lowest BCUT2D eigenvalue weighted by Crippen LogP contribution is -2.27. The van der Waals surface area contributed by atoms with Crippen LogP contribution in [0.1, 0.15) is 31.1 Å². The minimum absolute atomic E-state index is 0.112. The van der Waals surface area contributed by atoms with E-state index in [0.717, 1.165) is 6.07 Å². The summed E-state index contributed by atoms with van der Waals surface area (Å²) in [5, 5.41) is 11.1. The highest BCUT2D eigenvalue weighted by Gasteiger charge is 2.28. The Morgan fingerprint density at radius 3 is 2.38 bits per heavy atom. The van der Waals surface area contributed by atoms with E-state index in [2.05, 4.69) is 6.58 Å². The van der Waals surface area contributed by atoms with Gasteiger partial charge in [-0.05, 0) is 32.9 Å². The molecule has 0 N–H and O–H groups in total. The predicted octanol–water partition coefficient (Wildman–Crippen LogP) is 3.33. The third-order valence-corrected chi connectivity index (χ3v) is 2.56. The predicted molar refractivity (Wildman–Crippen MR) is 77.4 cm³/mol. The van der Waals surface area contributed by atoms with E-state index in [9.17, 15) is 19.7 Å². The first-order valence-corrected chi connectivity index (χ1v) is 6.31. The average molecular weight is 312 g/mol. The summed E-state index contributed by atoms with van der Waals surface area (Å²) in [5.74, 6) is -1.79. The van der Waals surface area contributed by atoms with Crippen molar-refractivity contribution in [1.82, 2.24) is 0 Å². The van der Waals surface area contributed by atoms with Gasteiger partial charge in [0, 0.05) is 11.1 Å². The van der Waals surface area contributed by atoms with Crippen LogP contribution in [0.5, 0.6) is 0 Å². The van der Waals surface area contributed by atoms with Gasteiger partial charge in [-0.1, -0.05) is 18.2 Å². The summed E-state index contributed by atoms with van der Waals surface area (Å²) in [6.07, 6.45) is 0. The maximum Gasteiger partial charge on any atom is 0.342 e. The Kier molecular flexibility index (Phi) is 4.85. The Morgan fingerprint density at radius 2 is 1.90 bits per heavy atom. The van der Waals surface area contributed by atoms with E-state index in [1.165, 1.54) is 12.1 Å². The van der Waals surface area contributed by atoms with Crippen LogP contribution < -0.4 is 0 Å². The molecule has 1 aromatic carbocycles. The summed E-state index contributed by atoms with van der Waals surface area (Å²) in [6.45, 7) is 8.26. The molecule has 0 saturated carbocycles. The summed E-state index contributed by atoms with van der Waals surface area (Å²) in [5.41, 5.74) is -2.03. The Bertz CT molecular complexity index is 631.